The number of nitrogens with one attached hydrogen (secondary N) is 1. The van der Waals surface area contributed by atoms with Gasteiger partial charge in [-0.25, -0.2) is 14.2 Å². The number of carbonyl (C=O) groups is 3. The first-order chi connectivity index (χ1) is 16.7. The molecule has 2 aromatic carbocycles. The molecule has 0 radical (unpaired) electrons. The van der Waals surface area contributed by atoms with E-state index < -0.39 is 24.7 Å². The highest BCUT2D eigenvalue weighted by molar-refractivity contribution is 6.06. The van der Waals surface area contributed by atoms with Crippen molar-refractivity contribution in [3.8, 4) is 6.07 Å². The molecule has 180 valence electrons. The first kappa shape index (κ1) is 23.9. The Morgan fingerprint density at radius 2 is 1.91 bits per heavy atom. The number of anilines is 1. The number of benzene rings is 2. The summed E-state index contributed by atoms with van der Waals surface area (Å²) in [6.45, 7) is -0.774. The summed E-state index contributed by atoms with van der Waals surface area (Å²) in [6.07, 6.45) is 0. The van der Waals surface area contributed by atoms with E-state index in [1.807, 2.05) is 0 Å². The van der Waals surface area contributed by atoms with Crippen molar-refractivity contribution in [1.82, 2.24) is 20.2 Å². The van der Waals surface area contributed by atoms with E-state index in [4.69, 9.17) is 0 Å². The predicted octanol–water partition coefficient (Wildman–Crippen LogP) is 2.33. The molecule has 0 aliphatic carbocycles. The van der Waals surface area contributed by atoms with Crippen LogP contribution in [0.5, 0.6) is 0 Å². The number of halogens is 1. The maximum absolute atomic E-state index is 14.0. The summed E-state index contributed by atoms with van der Waals surface area (Å²) in [6, 6.07) is 13.7. The number of amides is 4. The molecule has 0 bridgehead atoms. The van der Waals surface area contributed by atoms with Crippen molar-refractivity contribution >= 4 is 23.5 Å². The second-order valence-electron chi connectivity index (χ2n) is 8.63. The van der Waals surface area contributed by atoms with Crippen LogP contribution in [-0.2, 0) is 16.3 Å². The average molecular weight is 477 g/mol. The van der Waals surface area contributed by atoms with E-state index in [0.717, 1.165) is 0 Å². The van der Waals surface area contributed by atoms with Gasteiger partial charge in [0.15, 0.2) is 0 Å². The molecule has 0 spiro atoms. The lowest BCUT2D eigenvalue weighted by Gasteiger charge is -2.46. The van der Waals surface area contributed by atoms with E-state index >= 15 is 0 Å². The molecule has 0 fully saturated rings. The van der Waals surface area contributed by atoms with E-state index in [2.05, 4.69) is 11.5 Å². The number of carbonyl (C=O) groups excluding carboxylic acids is 3. The highest BCUT2D eigenvalue weighted by atomic mass is 19.1. The minimum absolute atomic E-state index is 0.217. The Bertz CT molecular complexity index is 1250. The molecule has 4 amide bonds. The number of alkyl halides is 1. The summed E-state index contributed by atoms with van der Waals surface area (Å²) in [5.41, 5.74) is 5.33. The van der Waals surface area contributed by atoms with Crippen LogP contribution in [0.1, 0.15) is 22.7 Å². The second kappa shape index (κ2) is 9.56. The zero-order valence-corrected chi connectivity index (χ0v) is 19.7. The maximum atomic E-state index is 14.0. The van der Waals surface area contributed by atoms with Gasteiger partial charge in [-0.1, -0.05) is 24.3 Å². The first-order valence-electron chi connectivity index (χ1n) is 11.0. The molecule has 1 atom stereocenters. The highest BCUT2D eigenvalue weighted by Crippen LogP contribution is 2.41. The topological polar surface area (TPSA) is 100.0 Å². The van der Waals surface area contributed by atoms with Crippen LogP contribution in [0.3, 0.4) is 0 Å². The predicted molar refractivity (Wildman–Crippen MR) is 126 cm³/mol. The van der Waals surface area contributed by atoms with E-state index in [9.17, 15) is 24.0 Å². The van der Waals surface area contributed by atoms with Gasteiger partial charge in [0.2, 0.25) is 5.91 Å². The first-order valence-corrected chi connectivity index (χ1v) is 11.0. The number of urea groups is 1. The molecule has 35 heavy (non-hydrogen) atoms. The van der Waals surface area contributed by atoms with Gasteiger partial charge in [-0.2, -0.15) is 5.26 Å². The van der Waals surface area contributed by atoms with Crippen molar-refractivity contribution in [2.24, 2.45) is 0 Å². The zero-order chi connectivity index (χ0) is 25.3. The van der Waals surface area contributed by atoms with Crippen molar-refractivity contribution in [2.45, 2.75) is 12.7 Å². The van der Waals surface area contributed by atoms with Crippen LogP contribution >= 0.6 is 0 Å². The Labute approximate surface area is 202 Å². The molecule has 0 saturated heterocycles. The van der Waals surface area contributed by atoms with Crippen molar-refractivity contribution < 1.29 is 18.8 Å². The molecule has 2 aliphatic rings. The molecule has 9 nitrogen and oxygen atoms in total. The lowest BCUT2D eigenvalue weighted by atomic mass is 9.90. The number of rotatable bonds is 5. The molecule has 0 saturated carbocycles. The van der Waals surface area contributed by atoms with Gasteiger partial charge < -0.3 is 9.80 Å². The standard InChI is InChI=1S/C25H25FN6O3/c1-29(2)21(33)15-31-23(18-9-7-16(13-27)8-10-18)22-20(14-30(3)28-24(22)34)32(25(31)35)19-6-4-5-17(11-19)12-26/h4-11,23H,12,14-15H2,1-3H3,(H,28,34)/t23-/m1/s1. The molecule has 2 heterocycles. The third-order valence-corrected chi connectivity index (χ3v) is 6.01. The van der Waals surface area contributed by atoms with E-state index in [-0.39, 0.29) is 19.0 Å². The monoisotopic (exact) mass is 476 g/mol. The fourth-order valence-electron chi connectivity index (χ4n) is 4.27. The number of nitrogens with zero attached hydrogens (tertiary/aromatic N) is 5. The molecular formula is C25H25FN6O3. The van der Waals surface area contributed by atoms with Crippen LogP contribution in [-0.4, -0.2) is 66.9 Å². The van der Waals surface area contributed by atoms with Gasteiger partial charge in [0, 0.05) is 21.1 Å². The third kappa shape index (κ3) is 4.46. The average Bonchev–Trinajstić information content (AvgIpc) is 2.84. The molecule has 2 aromatic rings. The zero-order valence-electron chi connectivity index (χ0n) is 19.7. The summed E-state index contributed by atoms with van der Waals surface area (Å²) in [5.74, 6) is -0.739. The Morgan fingerprint density at radius 1 is 1.20 bits per heavy atom. The van der Waals surface area contributed by atoms with Gasteiger partial charge in [-0.15, -0.1) is 0 Å². The van der Waals surface area contributed by atoms with Crippen LogP contribution in [0.15, 0.2) is 59.8 Å². The summed E-state index contributed by atoms with van der Waals surface area (Å²) in [5, 5.41) is 10.8. The van der Waals surface area contributed by atoms with E-state index in [1.165, 1.54) is 14.7 Å². The summed E-state index contributed by atoms with van der Waals surface area (Å²) in [4.78, 5) is 44.2. The Morgan fingerprint density at radius 3 is 2.54 bits per heavy atom. The second-order valence-corrected chi connectivity index (χ2v) is 8.63. The van der Waals surface area contributed by atoms with Gasteiger partial charge in [0.05, 0.1) is 41.2 Å². The van der Waals surface area contributed by atoms with E-state index in [1.54, 1.807) is 74.7 Å². The largest absolute Gasteiger partial charge is 0.347 e. The van der Waals surface area contributed by atoms with Gasteiger partial charge in [-0.05, 0) is 35.4 Å². The van der Waals surface area contributed by atoms with Gasteiger partial charge in [0.25, 0.3) is 5.91 Å². The van der Waals surface area contributed by atoms with Crippen LogP contribution in [0.25, 0.3) is 0 Å². The van der Waals surface area contributed by atoms with Crippen molar-refractivity contribution in [2.75, 3.05) is 39.1 Å². The van der Waals surface area contributed by atoms with Gasteiger partial charge >= 0.3 is 6.03 Å². The SMILES string of the molecule is CN1CC2=C(C(=O)N1)[C@@H](c1ccc(C#N)cc1)N(CC(=O)N(C)C)C(=O)N2c1cccc(CF)c1. The van der Waals surface area contributed by atoms with Gasteiger partial charge in [0.1, 0.15) is 13.2 Å². The Hall–Kier alpha value is -4.23. The normalized spacial score (nSPS) is 18.2. The molecule has 1 N–H and O–H groups in total. The highest BCUT2D eigenvalue weighted by Gasteiger charge is 2.46. The number of hydrazine groups is 1. The Kier molecular flexibility index (Phi) is 6.53. The molecular weight excluding hydrogens is 451 g/mol. The van der Waals surface area contributed by atoms with E-state index in [0.29, 0.717) is 33.6 Å². The Balaban J connectivity index is 1.95. The van der Waals surface area contributed by atoms with Crippen LogP contribution < -0.4 is 10.3 Å². The van der Waals surface area contributed by atoms with Crippen molar-refractivity contribution in [3.63, 3.8) is 0 Å². The molecule has 0 aromatic heterocycles. The number of likely N-dealkylation sites (N-methyl/N-ethyl adjacent to an activating group) is 2. The lowest BCUT2D eigenvalue weighted by molar-refractivity contribution is -0.130. The van der Waals surface area contributed by atoms with Crippen molar-refractivity contribution in [1.29, 1.82) is 5.26 Å². The fraction of sp³-hybridized carbons (Fsp3) is 0.280. The maximum Gasteiger partial charge on any atom is 0.330 e. The third-order valence-electron chi connectivity index (χ3n) is 6.01. The molecule has 10 heteroatoms. The number of hydrogen-bond acceptors (Lipinski definition) is 5. The van der Waals surface area contributed by atoms with Crippen molar-refractivity contribution in [3.05, 3.63) is 76.5 Å². The molecule has 2 aliphatic heterocycles. The fourth-order valence-corrected chi connectivity index (χ4v) is 4.27. The van der Waals surface area contributed by atoms with Crippen LogP contribution in [0.2, 0.25) is 0 Å². The quantitative estimate of drug-likeness (QED) is 0.714. The number of nitriles is 1. The van der Waals surface area contributed by atoms with Gasteiger partial charge in [-0.3, -0.25) is 19.9 Å². The summed E-state index contributed by atoms with van der Waals surface area (Å²) >= 11 is 0. The minimum Gasteiger partial charge on any atom is -0.347 e. The molecule has 0 unspecified atom stereocenters. The molecule has 4 rings (SSSR count). The lowest BCUT2D eigenvalue weighted by Crippen LogP contribution is -2.60. The summed E-state index contributed by atoms with van der Waals surface area (Å²) in [7, 11) is 4.85. The minimum atomic E-state index is -0.858. The smallest absolute Gasteiger partial charge is 0.330 e. The summed E-state index contributed by atoms with van der Waals surface area (Å²) < 4.78 is 13.4. The van der Waals surface area contributed by atoms with Crippen LogP contribution in [0.4, 0.5) is 14.9 Å². The van der Waals surface area contributed by atoms with Crippen LogP contribution in [0, 0.1) is 11.3 Å². The number of hydrogen-bond donors (Lipinski definition) is 1.